The molecule has 1 aliphatic rings. The predicted octanol–water partition coefficient (Wildman–Crippen LogP) is 2.85. The monoisotopic (exact) mass is 342 g/mol. The highest BCUT2D eigenvalue weighted by Crippen LogP contribution is 2.32. The lowest BCUT2D eigenvalue weighted by molar-refractivity contribution is -0.117. The van der Waals surface area contributed by atoms with Gasteiger partial charge in [-0.1, -0.05) is 12.1 Å². The van der Waals surface area contributed by atoms with E-state index in [9.17, 15) is 4.79 Å². The molecule has 3 rings (SSSR count). The summed E-state index contributed by atoms with van der Waals surface area (Å²) in [5.74, 6) is 1.33. The van der Waals surface area contributed by atoms with Crippen molar-refractivity contribution in [1.82, 2.24) is 15.1 Å². The summed E-state index contributed by atoms with van der Waals surface area (Å²) in [6.07, 6.45) is 1.06. The molecule has 6 nitrogen and oxygen atoms in total. The first kappa shape index (κ1) is 17.5. The largest absolute Gasteiger partial charge is 0.497 e. The van der Waals surface area contributed by atoms with E-state index in [1.165, 1.54) is 5.56 Å². The van der Waals surface area contributed by atoms with Crippen LogP contribution in [0, 0.1) is 13.8 Å². The van der Waals surface area contributed by atoms with Crippen molar-refractivity contribution in [2.45, 2.75) is 39.2 Å². The number of hydrogen-bond acceptors (Lipinski definition) is 4. The molecule has 25 heavy (non-hydrogen) atoms. The van der Waals surface area contributed by atoms with E-state index in [1.54, 1.807) is 7.11 Å². The molecule has 0 aliphatic carbocycles. The van der Waals surface area contributed by atoms with Crippen LogP contribution in [0.25, 0.3) is 0 Å². The maximum atomic E-state index is 12.4. The molecule has 1 amide bonds. The van der Waals surface area contributed by atoms with Crippen molar-refractivity contribution in [3.63, 3.8) is 0 Å². The number of aromatic amines is 1. The lowest BCUT2D eigenvalue weighted by Gasteiger charge is -2.20. The highest BCUT2D eigenvalue weighted by atomic mass is 16.5. The van der Waals surface area contributed by atoms with Gasteiger partial charge in [0.25, 0.3) is 0 Å². The van der Waals surface area contributed by atoms with E-state index in [1.807, 2.05) is 26.0 Å². The average molecular weight is 342 g/mol. The summed E-state index contributed by atoms with van der Waals surface area (Å²) in [5.41, 5.74) is 3.80. The topological polar surface area (TPSA) is 70.2 Å². The first-order chi connectivity index (χ1) is 12.0. The highest BCUT2D eigenvalue weighted by Gasteiger charge is 2.31. The molecule has 2 N–H and O–H groups in total. The molecule has 6 heteroatoms. The van der Waals surface area contributed by atoms with Gasteiger partial charge < -0.3 is 10.1 Å². The summed E-state index contributed by atoms with van der Waals surface area (Å²) >= 11 is 0. The average Bonchev–Trinajstić information content (AvgIpc) is 3.12. The molecule has 2 heterocycles. The smallest absolute Gasteiger partial charge is 0.238 e. The van der Waals surface area contributed by atoms with Crippen molar-refractivity contribution in [2.24, 2.45) is 0 Å². The molecular weight excluding hydrogens is 316 g/mol. The first-order valence-corrected chi connectivity index (χ1v) is 8.67. The summed E-state index contributed by atoms with van der Waals surface area (Å²) in [7, 11) is 1.68. The van der Waals surface area contributed by atoms with E-state index in [-0.39, 0.29) is 5.91 Å². The summed E-state index contributed by atoms with van der Waals surface area (Å²) in [4.78, 5) is 14.7. The number of likely N-dealkylation sites (tertiary alicyclic amines) is 1. The van der Waals surface area contributed by atoms with Crippen molar-refractivity contribution in [3.8, 4) is 5.75 Å². The minimum atomic E-state index is 0.00910. The number of aryl methyl sites for hydroxylation is 2. The molecule has 1 saturated heterocycles. The van der Waals surface area contributed by atoms with Crippen LogP contribution in [0.2, 0.25) is 0 Å². The van der Waals surface area contributed by atoms with Gasteiger partial charge in [-0.3, -0.25) is 14.8 Å². The Balaban J connectivity index is 1.60. The van der Waals surface area contributed by atoms with E-state index in [0.29, 0.717) is 18.5 Å². The Morgan fingerprint density at radius 1 is 1.36 bits per heavy atom. The minimum Gasteiger partial charge on any atom is -0.497 e. The van der Waals surface area contributed by atoms with Crippen molar-refractivity contribution >= 4 is 11.6 Å². The quantitative estimate of drug-likeness (QED) is 0.876. The summed E-state index contributed by atoms with van der Waals surface area (Å²) in [5, 5.41) is 10.00. The van der Waals surface area contributed by atoms with Crippen molar-refractivity contribution in [1.29, 1.82) is 0 Å². The van der Waals surface area contributed by atoms with Crippen LogP contribution in [0.3, 0.4) is 0 Å². The number of anilines is 1. The van der Waals surface area contributed by atoms with Gasteiger partial charge >= 0.3 is 0 Å². The molecule has 0 spiro atoms. The zero-order chi connectivity index (χ0) is 18.0. The number of hydrogen-bond donors (Lipinski definition) is 2. The number of H-pyrrole nitrogens is 1. The van der Waals surface area contributed by atoms with Crippen LogP contribution in [0.4, 0.5) is 5.69 Å². The summed E-state index contributed by atoms with van der Waals surface area (Å²) in [6, 6.07) is 8.62. The second-order valence-corrected chi connectivity index (χ2v) is 6.84. The molecule has 0 saturated carbocycles. The van der Waals surface area contributed by atoms with Gasteiger partial charge in [0.15, 0.2) is 0 Å². The summed E-state index contributed by atoms with van der Waals surface area (Å²) in [6.45, 7) is 7.28. The maximum absolute atomic E-state index is 12.4. The maximum Gasteiger partial charge on any atom is 0.238 e. The van der Waals surface area contributed by atoms with Crippen LogP contribution in [0.1, 0.15) is 36.2 Å². The molecule has 0 radical (unpaired) electrons. The van der Waals surface area contributed by atoms with Crippen molar-refractivity contribution < 1.29 is 9.53 Å². The lowest BCUT2D eigenvalue weighted by atomic mass is 9.97. The van der Waals surface area contributed by atoms with Gasteiger partial charge in [0, 0.05) is 12.6 Å². The molecule has 1 aromatic carbocycles. The first-order valence-electron chi connectivity index (χ1n) is 8.67. The Bertz CT molecular complexity index is 719. The van der Waals surface area contributed by atoms with Crippen molar-refractivity contribution in [2.75, 3.05) is 25.5 Å². The lowest BCUT2D eigenvalue weighted by Crippen LogP contribution is -2.35. The van der Waals surface area contributed by atoms with Crippen LogP contribution < -0.4 is 10.1 Å². The number of amides is 1. The summed E-state index contributed by atoms with van der Waals surface area (Å²) < 4.78 is 5.22. The van der Waals surface area contributed by atoms with Crippen molar-refractivity contribution in [3.05, 3.63) is 41.2 Å². The fraction of sp³-hybridized carbons (Fsp3) is 0.474. The van der Waals surface area contributed by atoms with Gasteiger partial charge in [-0.25, -0.2) is 0 Å². The van der Waals surface area contributed by atoms with Gasteiger partial charge in [-0.2, -0.15) is 5.10 Å². The van der Waals surface area contributed by atoms with Crippen LogP contribution in [-0.4, -0.2) is 47.2 Å². The Hall–Kier alpha value is -2.34. The highest BCUT2D eigenvalue weighted by molar-refractivity contribution is 5.93. The van der Waals surface area contributed by atoms with E-state index in [2.05, 4.69) is 39.5 Å². The van der Waals surface area contributed by atoms with E-state index < -0.39 is 0 Å². The number of nitrogens with zero attached hydrogens (tertiary/aromatic N) is 2. The predicted molar refractivity (Wildman–Crippen MR) is 98.1 cm³/mol. The zero-order valence-corrected chi connectivity index (χ0v) is 15.3. The molecule has 134 valence electrons. The molecule has 0 unspecified atom stereocenters. The van der Waals surface area contributed by atoms with Crippen LogP contribution >= 0.6 is 0 Å². The van der Waals surface area contributed by atoms with Gasteiger partial charge in [0.2, 0.25) is 5.91 Å². The molecule has 0 bridgehead atoms. The Morgan fingerprint density at radius 3 is 2.68 bits per heavy atom. The molecular formula is C19H26N4O2. The van der Waals surface area contributed by atoms with Crippen LogP contribution in [-0.2, 0) is 4.79 Å². The number of rotatable bonds is 5. The second-order valence-electron chi connectivity index (χ2n) is 6.84. The van der Waals surface area contributed by atoms with Crippen LogP contribution in [0.15, 0.2) is 24.3 Å². The van der Waals surface area contributed by atoms with Gasteiger partial charge in [0.1, 0.15) is 5.75 Å². The molecule has 1 fully saturated rings. The normalized spacial score (nSPS) is 20.6. The number of ether oxygens (including phenoxy) is 1. The number of aromatic nitrogens is 2. The second kappa shape index (κ2) is 7.27. The third-order valence-electron chi connectivity index (χ3n) is 5.03. The molecule has 1 aliphatic heterocycles. The fourth-order valence-electron chi connectivity index (χ4n) is 3.53. The SMILES string of the molecule is COc1ccc([C@@H]2C[C@H](C)N(CC(=O)Nc3c(C)n[nH]c3C)C2)cc1. The van der Waals surface area contributed by atoms with Gasteiger partial charge in [-0.15, -0.1) is 0 Å². The number of nitrogens with one attached hydrogen (secondary N) is 2. The third kappa shape index (κ3) is 3.85. The Labute approximate surface area is 148 Å². The number of methoxy groups -OCH3 is 1. The van der Waals surface area contributed by atoms with E-state index in [4.69, 9.17) is 4.74 Å². The third-order valence-corrected chi connectivity index (χ3v) is 5.03. The van der Waals surface area contributed by atoms with E-state index in [0.717, 1.165) is 35.8 Å². The zero-order valence-electron chi connectivity index (χ0n) is 15.3. The molecule has 2 atom stereocenters. The Morgan fingerprint density at radius 2 is 2.08 bits per heavy atom. The molecule has 2 aromatic rings. The number of benzene rings is 1. The standard InChI is InChI=1S/C19H26N4O2/c1-12-9-16(15-5-7-17(25-4)8-6-15)10-23(12)11-18(24)20-19-13(2)21-22-14(19)3/h5-8,12,16H,9-11H2,1-4H3,(H,20,24)(H,21,22)/t12-,16+/m0/s1. The number of carbonyl (C=O) groups is 1. The minimum absolute atomic E-state index is 0.00910. The fourth-order valence-corrected chi connectivity index (χ4v) is 3.53. The molecule has 1 aromatic heterocycles. The van der Waals surface area contributed by atoms with E-state index >= 15 is 0 Å². The van der Waals surface area contributed by atoms with Gasteiger partial charge in [0.05, 0.1) is 30.7 Å². The number of carbonyl (C=O) groups excluding carboxylic acids is 1. The van der Waals surface area contributed by atoms with Crippen LogP contribution in [0.5, 0.6) is 5.75 Å². The van der Waals surface area contributed by atoms with Gasteiger partial charge in [-0.05, 0) is 50.8 Å². The Kier molecular flexibility index (Phi) is 5.08.